The maximum atomic E-state index is 12.0. The van der Waals surface area contributed by atoms with Crippen LogP contribution in [-0.4, -0.2) is 14.3 Å². The number of nitrogens with one attached hydrogen (secondary N) is 1. The number of hydrogen-bond acceptors (Lipinski definition) is 4. The number of carbonyl (C=O) groups excluding carboxylic acids is 1. The van der Waals surface area contributed by atoms with Crippen molar-refractivity contribution in [3.05, 3.63) is 58.1 Å². The highest BCUT2D eigenvalue weighted by Gasteiger charge is 2.19. The highest BCUT2D eigenvalue weighted by Crippen LogP contribution is 2.28. The largest absolute Gasteiger partial charge is 0.396 e. The van der Waals surface area contributed by atoms with Crippen molar-refractivity contribution in [3.63, 3.8) is 0 Å². The van der Waals surface area contributed by atoms with E-state index in [2.05, 4.69) is 0 Å². The van der Waals surface area contributed by atoms with Crippen LogP contribution in [-0.2, 0) is 10.0 Å². The zero-order valence-corrected chi connectivity index (χ0v) is 12.8. The molecule has 0 bridgehead atoms. The Balaban J connectivity index is 2.31. The summed E-state index contributed by atoms with van der Waals surface area (Å²) in [5, 5.41) is 0.148. The Morgan fingerprint density at radius 2 is 1.57 bits per heavy atom. The maximum absolute atomic E-state index is 12.0. The molecule has 0 aliphatic rings. The summed E-state index contributed by atoms with van der Waals surface area (Å²) in [6.07, 6.45) is 0. The Morgan fingerprint density at radius 3 is 2.10 bits per heavy atom. The number of benzene rings is 2. The number of amides is 1. The average Bonchev–Trinajstić information content (AvgIpc) is 2.44. The Bertz CT molecular complexity index is 769. The van der Waals surface area contributed by atoms with Crippen molar-refractivity contribution in [2.75, 3.05) is 5.73 Å². The molecule has 0 aliphatic heterocycles. The molecule has 0 aliphatic carbocycles. The van der Waals surface area contributed by atoms with E-state index in [4.69, 9.17) is 28.9 Å². The number of halogens is 2. The van der Waals surface area contributed by atoms with E-state index in [1.165, 1.54) is 24.3 Å². The lowest BCUT2D eigenvalue weighted by atomic mass is 10.2. The maximum Gasteiger partial charge on any atom is 0.265 e. The van der Waals surface area contributed by atoms with Gasteiger partial charge in [-0.2, -0.15) is 0 Å². The predicted molar refractivity (Wildman–Crippen MR) is 82.0 cm³/mol. The average molecular weight is 345 g/mol. The molecule has 2 aromatic carbocycles. The second kappa shape index (κ2) is 5.93. The second-order valence-electron chi connectivity index (χ2n) is 4.10. The van der Waals surface area contributed by atoms with Gasteiger partial charge in [0.1, 0.15) is 0 Å². The zero-order chi connectivity index (χ0) is 15.6. The van der Waals surface area contributed by atoms with E-state index in [1.54, 1.807) is 18.2 Å². The van der Waals surface area contributed by atoms with Gasteiger partial charge in [0.25, 0.3) is 15.9 Å². The minimum absolute atomic E-state index is 0.00120. The van der Waals surface area contributed by atoms with Crippen molar-refractivity contribution in [3.8, 4) is 0 Å². The van der Waals surface area contributed by atoms with E-state index >= 15 is 0 Å². The minimum atomic E-state index is -3.96. The first-order valence-electron chi connectivity index (χ1n) is 5.68. The van der Waals surface area contributed by atoms with Gasteiger partial charge in [-0.1, -0.05) is 41.4 Å². The summed E-state index contributed by atoms with van der Waals surface area (Å²) in [4.78, 5) is 12.0. The van der Waals surface area contributed by atoms with E-state index in [0.717, 1.165) is 0 Å². The molecule has 110 valence electrons. The topological polar surface area (TPSA) is 89.3 Å². The lowest BCUT2D eigenvalue weighted by molar-refractivity contribution is 0.0981. The highest BCUT2D eigenvalue weighted by molar-refractivity contribution is 7.90. The molecular weight excluding hydrogens is 335 g/mol. The summed E-state index contributed by atoms with van der Waals surface area (Å²) < 4.78 is 26.0. The van der Waals surface area contributed by atoms with Crippen LogP contribution in [0.15, 0.2) is 47.4 Å². The van der Waals surface area contributed by atoms with Crippen LogP contribution in [0.4, 0.5) is 5.69 Å². The molecule has 0 saturated carbocycles. The molecular formula is C13H10Cl2N2O3S. The summed E-state index contributed by atoms with van der Waals surface area (Å²) in [6, 6.07) is 10.0. The molecule has 0 spiro atoms. The Labute approximate surface area is 131 Å². The van der Waals surface area contributed by atoms with Crippen LogP contribution in [0.2, 0.25) is 10.0 Å². The van der Waals surface area contributed by atoms with Crippen LogP contribution >= 0.6 is 23.2 Å². The van der Waals surface area contributed by atoms with Crippen LogP contribution in [0.3, 0.4) is 0 Å². The van der Waals surface area contributed by atoms with Gasteiger partial charge >= 0.3 is 0 Å². The fraction of sp³-hybridized carbons (Fsp3) is 0. The van der Waals surface area contributed by atoms with Crippen LogP contribution < -0.4 is 10.5 Å². The molecule has 2 rings (SSSR count). The number of sulfonamides is 1. The quantitative estimate of drug-likeness (QED) is 0.837. The van der Waals surface area contributed by atoms with E-state index in [0.29, 0.717) is 0 Å². The van der Waals surface area contributed by atoms with Gasteiger partial charge in [0.15, 0.2) is 0 Å². The standard InChI is InChI=1S/C13H10Cl2N2O3S/c14-10-6-8(7-11(15)12(10)16)13(18)17-21(19,20)9-4-2-1-3-5-9/h1-7H,16H2,(H,17,18). The van der Waals surface area contributed by atoms with E-state index in [1.807, 2.05) is 4.72 Å². The predicted octanol–water partition coefficient (Wildman–Crippen LogP) is 2.69. The Morgan fingerprint density at radius 1 is 1.05 bits per heavy atom. The number of rotatable bonds is 3. The van der Waals surface area contributed by atoms with Gasteiger partial charge in [0, 0.05) is 5.56 Å². The first-order valence-corrected chi connectivity index (χ1v) is 7.92. The van der Waals surface area contributed by atoms with E-state index in [-0.39, 0.29) is 26.2 Å². The highest BCUT2D eigenvalue weighted by atomic mass is 35.5. The molecule has 5 nitrogen and oxygen atoms in total. The third-order valence-corrected chi connectivity index (χ3v) is 4.59. The van der Waals surface area contributed by atoms with Crippen molar-refractivity contribution < 1.29 is 13.2 Å². The van der Waals surface area contributed by atoms with Gasteiger partial charge in [-0.15, -0.1) is 0 Å². The van der Waals surface area contributed by atoms with E-state index in [9.17, 15) is 13.2 Å². The van der Waals surface area contributed by atoms with Crippen molar-refractivity contribution in [2.24, 2.45) is 0 Å². The molecule has 0 atom stereocenters. The van der Waals surface area contributed by atoms with Crippen molar-refractivity contribution in [1.82, 2.24) is 4.72 Å². The van der Waals surface area contributed by atoms with E-state index < -0.39 is 15.9 Å². The lowest BCUT2D eigenvalue weighted by Gasteiger charge is -2.08. The number of carbonyl (C=O) groups is 1. The Hall–Kier alpha value is -1.76. The van der Waals surface area contributed by atoms with Crippen molar-refractivity contribution in [2.45, 2.75) is 4.90 Å². The first kappa shape index (κ1) is 15.6. The third kappa shape index (κ3) is 3.47. The summed E-state index contributed by atoms with van der Waals surface area (Å²) in [6.45, 7) is 0. The summed E-state index contributed by atoms with van der Waals surface area (Å²) in [5.74, 6) is -0.845. The minimum Gasteiger partial charge on any atom is -0.396 e. The van der Waals surface area contributed by atoms with Gasteiger partial charge in [-0.05, 0) is 24.3 Å². The second-order valence-corrected chi connectivity index (χ2v) is 6.60. The fourth-order valence-corrected chi connectivity index (χ4v) is 3.04. The van der Waals surface area contributed by atoms with Crippen LogP contribution in [0.5, 0.6) is 0 Å². The molecule has 3 N–H and O–H groups in total. The molecule has 0 aromatic heterocycles. The molecule has 0 saturated heterocycles. The number of anilines is 1. The molecule has 0 radical (unpaired) electrons. The monoisotopic (exact) mass is 344 g/mol. The summed E-state index contributed by atoms with van der Waals surface area (Å²) in [5.41, 5.74) is 5.68. The molecule has 21 heavy (non-hydrogen) atoms. The number of nitrogen functional groups attached to an aromatic ring is 1. The fourth-order valence-electron chi connectivity index (χ4n) is 1.55. The first-order chi connectivity index (χ1) is 9.81. The third-order valence-electron chi connectivity index (χ3n) is 2.62. The zero-order valence-electron chi connectivity index (χ0n) is 10.5. The van der Waals surface area contributed by atoms with Gasteiger partial charge in [-0.3, -0.25) is 4.79 Å². The van der Waals surface area contributed by atoms with Crippen LogP contribution in [0.25, 0.3) is 0 Å². The van der Waals surface area contributed by atoms with Crippen molar-refractivity contribution in [1.29, 1.82) is 0 Å². The number of hydrogen-bond donors (Lipinski definition) is 2. The molecule has 0 heterocycles. The van der Waals surface area contributed by atoms with Crippen LogP contribution in [0.1, 0.15) is 10.4 Å². The molecule has 1 amide bonds. The van der Waals surface area contributed by atoms with Gasteiger partial charge in [0.05, 0.1) is 20.6 Å². The molecule has 0 fully saturated rings. The van der Waals surface area contributed by atoms with Crippen LogP contribution in [0, 0.1) is 0 Å². The molecule has 8 heteroatoms. The van der Waals surface area contributed by atoms with Gasteiger partial charge in [0.2, 0.25) is 0 Å². The lowest BCUT2D eigenvalue weighted by Crippen LogP contribution is -2.30. The summed E-state index contributed by atoms with van der Waals surface area (Å²) in [7, 11) is -3.96. The Kier molecular flexibility index (Phi) is 4.41. The smallest absolute Gasteiger partial charge is 0.265 e. The normalized spacial score (nSPS) is 11.1. The van der Waals surface area contributed by atoms with Crippen molar-refractivity contribution >= 4 is 44.8 Å². The van der Waals surface area contributed by atoms with Gasteiger partial charge < -0.3 is 5.73 Å². The molecule has 2 aromatic rings. The molecule has 0 unspecified atom stereocenters. The SMILES string of the molecule is Nc1c(Cl)cc(C(=O)NS(=O)(=O)c2ccccc2)cc1Cl. The summed E-state index contributed by atoms with van der Waals surface area (Å²) >= 11 is 11.6. The van der Waals surface area contributed by atoms with Gasteiger partial charge in [-0.25, -0.2) is 13.1 Å². The number of nitrogens with two attached hydrogens (primary N) is 1.